The number of amides is 2. The quantitative estimate of drug-likeness (QED) is 0.750. The number of piperazine rings is 1. The van der Waals surface area contributed by atoms with Crippen molar-refractivity contribution in [2.24, 2.45) is 0 Å². The van der Waals surface area contributed by atoms with Crippen LogP contribution in [0, 0.1) is 0 Å². The first-order valence-corrected chi connectivity index (χ1v) is 10.6. The third kappa shape index (κ3) is 6.43. The van der Waals surface area contributed by atoms with Crippen molar-refractivity contribution in [2.75, 3.05) is 39.3 Å². The Labute approximate surface area is 173 Å². The Balaban J connectivity index is 1.31. The van der Waals surface area contributed by atoms with Gasteiger partial charge in [0.15, 0.2) is 0 Å². The molecule has 0 radical (unpaired) electrons. The number of benzene rings is 2. The number of carbonyl (C=O) groups is 2. The van der Waals surface area contributed by atoms with Gasteiger partial charge in [0.2, 0.25) is 5.91 Å². The minimum absolute atomic E-state index is 0.0995. The number of rotatable bonds is 8. The van der Waals surface area contributed by atoms with E-state index >= 15 is 0 Å². The van der Waals surface area contributed by atoms with Gasteiger partial charge in [-0.3, -0.25) is 14.5 Å². The van der Waals surface area contributed by atoms with Crippen LogP contribution in [-0.2, 0) is 17.6 Å². The predicted molar refractivity (Wildman–Crippen MR) is 116 cm³/mol. The van der Waals surface area contributed by atoms with Crippen molar-refractivity contribution in [3.05, 3.63) is 71.3 Å². The van der Waals surface area contributed by atoms with Crippen LogP contribution in [0.15, 0.2) is 54.6 Å². The molecule has 1 aliphatic heterocycles. The van der Waals surface area contributed by atoms with Gasteiger partial charge < -0.3 is 10.2 Å². The molecule has 1 aliphatic rings. The first kappa shape index (κ1) is 21.1. The molecule has 0 spiro atoms. The topological polar surface area (TPSA) is 52.7 Å². The molecule has 1 fully saturated rings. The van der Waals surface area contributed by atoms with E-state index < -0.39 is 0 Å². The molecule has 0 bridgehead atoms. The van der Waals surface area contributed by atoms with Gasteiger partial charge in [-0.25, -0.2) is 0 Å². The smallest absolute Gasteiger partial charge is 0.253 e. The lowest BCUT2D eigenvalue weighted by atomic mass is 10.1. The second-order valence-electron chi connectivity index (χ2n) is 7.52. The highest BCUT2D eigenvalue weighted by molar-refractivity contribution is 5.94. The van der Waals surface area contributed by atoms with Crippen molar-refractivity contribution in [3.8, 4) is 0 Å². The number of aryl methyl sites for hydroxylation is 2. The highest BCUT2D eigenvalue weighted by Crippen LogP contribution is 2.09. The Morgan fingerprint density at radius 2 is 1.55 bits per heavy atom. The number of hydrogen-bond acceptors (Lipinski definition) is 3. The fourth-order valence-electron chi connectivity index (χ4n) is 3.58. The fraction of sp³-hybridized carbons (Fsp3) is 0.417. The summed E-state index contributed by atoms with van der Waals surface area (Å²) in [5, 5.41) is 3.02. The zero-order valence-corrected chi connectivity index (χ0v) is 17.3. The van der Waals surface area contributed by atoms with Crippen molar-refractivity contribution in [3.63, 3.8) is 0 Å². The SMILES string of the molecule is CCc1ccc(CCC(=O)NCCN2CCN(C(=O)c3ccccc3)CC2)cc1. The van der Waals surface area contributed by atoms with Crippen molar-refractivity contribution in [1.82, 2.24) is 15.1 Å². The van der Waals surface area contributed by atoms with Crippen LogP contribution in [0.2, 0.25) is 0 Å². The minimum atomic E-state index is 0.0995. The molecular weight excluding hydrogens is 362 g/mol. The number of hydrogen-bond donors (Lipinski definition) is 1. The van der Waals surface area contributed by atoms with E-state index in [1.54, 1.807) is 0 Å². The zero-order valence-electron chi connectivity index (χ0n) is 17.3. The molecule has 2 aromatic rings. The first-order chi connectivity index (χ1) is 14.2. The van der Waals surface area contributed by atoms with Gasteiger partial charge in [0, 0.05) is 51.3 Å². The third-order valence-corrected chi connectivity index (χ3v) is 5.50. The summed E-state index contributed by atoms with van der Waals surface area (Å²) in [5.74, 6) is 0.202. The average Bonchev–Trinajstić information content (AvgIpc) is 2.78. The molecule has 154 valence electrons. The van der Waals surface area contributed by atoms with Crippen LogP contribution in [0.25, 0.3) is 0 Å². The molecule has 1 heterocycles. The molecule has 0 unspecified atom stereocenters. The maximum absolute atomic E-state index is 12.5. The van der Waals surface area contributed by atoms with E-state index in [4.69, 9.17) is 0 Å². The molecule has 29 heavy (non-hydrogen) atoms. The van der Waals surface area contributed by atoms with E-state index in [0.717, 1.165) is 51.1 Å². The van der Waals surface area contributed by atoms with E-state index in [9.17, 15) is 9.59 Å². The van der Waals surface area contributed by atoms with Crippen LogP contribution in [0.5, 0.6) is 0 Å². The molecule has 2 aromatic carbocycles. The van der Waals surface area contributed by atoms with Crippen LogP contribution < -0.4 is 5.32 Å². The van der Waals surface area contributed by atoms with Crippen LogP contribution >= 0.6 is 0 Å². The molecule has 2 amide bonds. The lowest BCUT2D eigenvalue weighted by Crippen LogP contribution is -2.50. The Morgan fingerprint density at radius 1 is 0.897 bits per heavy atom. The van der Waals surface area contributed by atoms with Crippen molar-refractivity contribution in [1.29, 1.82) is 0 Å². The molecule has 0 aromatic heterocycles. The average molecular weight is 394 g/mol. The zero-order chi connectivity index (χ0) is 20.5. The maximum Gasteiger partial charge on any atom is 0.253 e. The van der Waals surface area contributed by atoms with Gasteiger partial charge in [-0.15, -0.1) is 0 Å². The summed E-state index contributed by atoms with van der Waals surface area (Å²) in [6.07, 6.45) is 2.33. The van der Waals surface area contributed by atoms with Crippen molar-refractivity contribution < 1.29 is 9.59 Å². The van der Waals surface area contributed by atoms with Gasteiger partial charge in [-0.2, -0.15) is 0 Å². The van der Waals surface area contributed by atoms with Gasteiger partial charge >= 0.3 is 0 Å². The highest BCUT2D eigenvalue weighted by atomic mass is 16.2. The number of carbonyl (C=O) groups excluding carboxylic acids is 2. The Hall–Kier alpha value is -2.66. The van der Waals surface area contributed by atoms with Crippen molar-refractivity contribution in [2.45, 2.75) is 26.2 Å². The first-order valence-electron chi connectivity index (χ1n) is 10.6. The number of nitrogens with one attached hydrogen (secondary N) is 1. The minimum Gasteiger partial charge on any atom is -0.355 e. The lowest BCUT2D eigenvalue weighted by molar-refractivity contribution is -0.121. The molecule has 0 saturated carbocycles. The summed E-state index contributed by atoms with van der Waals surface area (Å²) in [6, 6.07) is 17.9. The Kier molecular flexibility index (Phi) is 7.82. The predicted octanol–water partition coefficient (Wildman–Crippen LogP) is 2.76. The maximum atomic E-state index is 12.5. The normalized spacial score (nSPS) is 14.6. The Bertz CT molecular complexity index is 782. The lowest BCUT2D eigenvalue weighted by Gasteiger charge is -2.34. The van der Waals surface area contributed by atoms with E-state index in [1.807, 2.05) is 35.2 Å². The van der Waals surface area contributed by atoms with Crippen LogP contribution in [0.4, 0.5) is 0 Å². The summed E-state index contributed by atoms with van der Waals surface area (Å²) < 4.78 is 0. The summed E-state index contributed by atoms with van der Waals surface area (Å²) in [7, 11) is 0. The van der Waals surface area contributed by atoms with Crippen LogP contribution in [0.3, 0.4) is 0 Å². The van der Waals surface area contributed by atoms with Crippen molar-refractivity contribution >= 4 is 11.8 Å². The van der Waals surface area contributed by atoms with Gasteiger partial charge in [0.25, 0.3) is 5.91 Å². The fourth-order valence-corrected chi connectivity index (χ4v) is 3.58. The summed E-state index contributed by atoms with van der Waals surface area (Å²) >= 11 is 0. The summed E-state index contributed by atoms with van der Waals surface area (Å²) in [6.45, 7) is 6.77. The monoisotopic (exact) mass is 393 g/mol. The second kappa shape index (κ2) is 10.8. The Morgan fingerprint density at radius 3 is 2.21 bits per heavy atom. The molecule has 5 nitrogen and oxygen atoms in total. The van der Waals surface area contributed by atoms with Gasteiger partial charge in [0.1, 0.15) is 0 Å². The highest BCUT2D eigenvalue weighted by Gasteiger charge is 2.21. The molecular formula is C24H31N3O2. The molecule has 0 aliphatic carbocycles. The van der Waals surface area contributed by atoms with Crippen LogP contribution in [0.1, 0.15) is 34.8 Å². The van der Waals surface area contributed by atoms with E-state index in [2.05, 4.69) is 41.4 Å². The van der Waals surface area contributed by atoms with Gasteiger partial charge in [-0.05, 0) is 36.1 Å². The summed E-state index contributed by atoms with van der Waals surface area (Å²) in [5.41, 5.74) is 3.28. The molecule has 1 N–H and O–H groups in total. The standard InChI is InChI=1S/C24H31N3O2/c1-2-20-8-10-21(11-9-20)12-13-23(28)25-14-15-26-16-18-27(19-17-26)24(29)22-6-4-3-5-7-22/h3-11H,2,12-19H2,1H3,(H,25,28). The van der Waals surface area contributed by atoms with Crippen LogP contribution in [-0.4, -0.2) is 60.9 Å². The number of nitrogens with zero attached hydrogens (tertiary/aromatic N) is 2. The van der Waals surface area contributed by atoms with E-state index in [-0.39, 0.29) is 11.8 Å². The third-order valence-electron chi connectivity index (χ3n) is 5.50. The van der Waals surface area contributed by atoms with E-state index in [1.165, 1.54) is 11.1 Å². The second-order valence-corrected chi connectivity index (χ2v) is 7.52. The molecule has 1 saturated heterocycles. The molecule has 3 rings (SSSR count). The van der Waals surface area contributed by atoms with Gasteiger partial charge in [0.05, 0.1) is 0 Å². The largest absolute Gasteiger partial charge is 0.355 e. The molecule has 0 atom stereocenters. The summed E-state index contributed by atoms with van der Waals surface area (Å²) in [4.78, 5) is 28.8. The molecule has 5 heteroatoms. The van der Waals surface area contributed by atoms with E-state index in [0.29, 0.717) is 13.0 Å². The van der Waals surface area contributed by atoms with Gasteiger partial charge in [-0.1, -0.05) is 49.4 Å².